The molecule has 94 valence electrons. The van der Waals surface area contributed by atoms with Gasteiger partial charge in [-0.3, -0.25) is 4.79 Å². The molecule has 7 heteroatoms. The number of hydrogen-bond donors (Lipinski definition) is 2. The molecule has 0 aromatic heterocycles. The lowest BCUT2D eigenvalue weighted by Crippen LogP contribution is -2.44. The van der Waals surface area contributed by atoms with Crippen LogP contribution in [0, 0.1) is 0 Å². The minimum absolute atomic E-state index is 0.0818. The molecule has 0 rings (SSSR count). The molecule has 2 N–H and O–H groups in total. The van der Waals surface area contributed by atoms with E-state index in [0.29, 0.717) is 12.4 Å². The predicted molar refractivity (Wildman–Crippen MR) is 66.6 cm³/mol. The van der Waals surface area contributed by atoms with Gasteiger partial charge in [0, 0.05) is 12.4 Å². The number of ether oxygens (including phenoxy) is 1. The summed E-state index contributed by atoms with van der Waals surface area (Å²) in [5, 5.41) is 11.3. The van der Waals surface area contributed by atoms with E-state index < -0.39 is 12.0 Å². The van der Waals surface area contributed by atoms with E-state index >= 15 is 0 Å². The van der Waals surface area contributed by atoms with Gasteiger partial charge in [0.2, 0.25) is 5.91 Å². The topological polar surface area (TPSA) is 75.6 Å². The fraction of sp³-hybridized carbons (Fsp3) is 0.778. The molecule has 0 saturated heterocycles. The molecule has 0 aromatic rings. The Kier molecular flexibility index (Phi) is 9.55. The van der Waals surface area contributed by atoms with Crippen LogP contribution in [0.25, 0.3) is 0 Å². The van der Waals surface area contributed by atoms with Crippen molar-refractivity contribution in [2.45, 2.75) is 19.4 Å². The summed E-state index contributed by atoms with van der Waals surface area (Å²) in [7, 11) is 2.86. The first kappa shape index (κ1) is 15.6. The van der Waals surface area contributed by atoms with E-state index in [1.807, 2.05) is 13.2 Å². The van der Waals surface area contributed by atoms with E-state index in [2.05, 4.69) is 5.32 Å². The van der Waals surface area contributed by atoms with Crippen LogP contribution in [0.2, 0.25) is 0 Å². The second-order valence-electron chi connectivity index (χ2n) is 2.96. The van der Waals surface area contributed by atoms with Gasteiger partial charge in [0.1, 0.15) is 12.6 Å². The number of nitrogens with one attached hydrogen (secondary N) is 1. The van der Waals surface area contributed by atoms with Gasteiger partial charge >= 0.3 is 5.97 Å². The lowest BCUT2D eigenvalue weighted by atomic mass is 10.3. The van der Waals surface area contributed by atoms with Crippen LogP contribution in [0.5, 0.6) is 0 Å². The number of rotatable bonds is 9. The highest BCUT2D eigenvalue weighted by Crippen LogP contribution is 2.17. The van der Waals surface area contributed by atoms with Crippen LogP contribution >= 0.6 is 21.6 Å². The van der Waals surface area contributed by atoms with Gasteiger partial charge in [-0.1, -0.05) is 28.5 Å². The predicted octanol–water partition coefficient (Wildman–Crippen LogP) is 0.994. The molecule has 1 atom stereocenters. The van der Waals surface area contributed by atoms with E-state index in [9.17, 15) is 9.59 Å². The Balaban J connectivity index is 3.88. The Bertz CT molecular complexity index is 226. The molecule has 0 bridgehead atoms. The van der Waals surface area contributed by atoms with Crippen LogP contribution in [-0.2, 0) is 14.3 Å². The van der Waals surface area contributed by atoms with E-state index in [4.69, 9.17) is 9.84 Å². The number of carboxylic acid groups (broad SMARTS) is 1. The third-order valence-corrected chi connectivity index (χ3v) is 3.39. The fourth-order valence-corrected chi connectivity index (χ4v) is 2.17. The molecule has 16 heavy (non-hydrogen) atoms. The molecule has 0 radical (unpaired) electrons. The highest BCUT2D eigenvalue weighted by atomic mass is 33.1. The number of carbonyl (C=O) groups excluding carboxylic acids is 1. The third kappa shape index (κ3) is 7.84. The van der Waals surface area contributed by atoms with Crippen LogP contribution in [0.15, 0.2) is 0 Å². The van der Waals surface area contributed by atoms with Crippen LogP contribution in [0.4, 0.5) is 0 Å². The second-order valence-corrected chi connectivity index (χ2v) is 5.57. The van der Waals surface area contributed by atoms with E-state index in [1.54, 1.807) is 0 Å². The van der Waals surface area contributed by atoms with Crippen molar-refractivity contribution in [2.75, 3.05) is 25.2 Å². The minimum Gasteiger partial charge on any atom is -0.480 e. The number of carboxylic acids is 1. The van der Waals surface area contributed by atoms with E-state index in [1.165, 1.54) is 21.6 Å². The van der Waals surface area contributed by atoms with Gasteiger partial charge in [-0.2, -0.15) is 0 Å². The summed E-state index contributed by atoms with van der Waals surface area (Å²) in [6.45, 7) is 2.36. The molecule has 0 aliphatic rings. The van der Waals surface area contributed by atoms with Gasteiger partial charge in [-0.05, 0) is 12.7 Å². The summed E-state index contributed by atoms with van der Waals surface area (Å²) in [6, 6.07) is -0.852. The van der Waals surface area contributed by atoms with Crippen molar-refractivity contribution in [2.24, 2.45) is 0 Å². The Morgan fingerprint density at radius 1 is 1.50 bits per heavy atom. The van der Waals surface area contributed by atoms with Gasteiger partial charge in [-0.15, -0.1) is 0 Å². The second kappa shape index (κ2) is 9.80. The van der Waals surface area contributed by atoms with Gasteiger partial charge in [0.25, 0.3) is 0 Å². The largest absolute Gasteiger partial charge is 0.480 e. The highest BCUT2D eigenvalue weighted by Gasteiger charge is 2.19. The minimum atomic E-state index is -1.02. The number of carbonyl (C=O) groups is 2. The quantitative estimate of drug-likeness (QED) is 0.479. The Hall–Kier alpha value is -0.400. The monoisotopic (exact) mass is 267 g/mol. The third-order valence-electron chi connectivity index (χ3n) is 1.57. The highest BCUT2D eigenvalue weighted by molar-refractivity contribution is 8.76. The summed E-state index contributed by atoms with van der Waals surface area (Å²) in [4.78, 5) is 22.1. The molecule has 0 aliphatic carbocycles. The first-order valence-corrected chi connectivity index (χ1v) is 7.60. The molecule has 0 aromatic carbocycles. The first-order chi connectivity index (χ1) is 7.61. The summed E-state index contributed by atoms with van der Waals surface area (Å²) in [6.07, 6.45) is 2.69. The van der Waals surface area contributed by atoms with Crippen molar-refractivity contribution in [3.8, 4) is 0 Å². The van der Waals surface area contributed by atoms with Gasteiger partial charge in [0.15, 0.2) is 0 Å². The molecule has 0 spiro atoms. The van der Waals surface area contributed by atoms with Crippen molar-refractivity contribution in [3.63, 3.8) is 0 Å². The first-order valence-electron chi connectivity index (χ1n) is 4.87. The van der Waals surface area contributed by atoms with Gasteiger partial charge in [0.05, 0.1) is 0 Å². The zero-order valence-corrected chi connectivity index (χ0v) is 11.0. The number of aliphatic carboxylic acids is 1. The smallest absolute Gasteiger partial charge is 0.327 e. The van der Waals surface area contributed by atoms with Crippen LogP contribution < -0.4 is 5.32 Å². The van der Waals surface area contributed by atoms with Crippen molar-refractivity contribution < 1.29 is 19.4 Å². The maximum Gasteiger partial charge on any atom is 0.327 e. The average Bonchev–Trinajstić information content (AvgIpc) is 2.24. The summed E-state index contributed by atoms with van der Waals surface area (Å²) in [5.41, 5.74) is 0. The van der Waals surface area contributed by atoms with Crippen molar-refractivity contribution in [1.82, 2.24) is 5.32 Å². The molecule has 0 aliphatic heterocycles. The zero-order valence-electron chi connectivity index (χ0n) is 9.39. The average molecular weight is 267 g/mol. The molecule has 1 amide bonds. The normalized spacial score (nSPS) is 12.1. The number of hydrogen-bond acceptors (Lipinski definition) is 5. The Morgan fingerprint density at radius 2 is 2.19 bits per heavy atom. The van der Waals surface area contributed by atoms with Crippen LogP contribution in [0.1, 0.15) is 13.3 Å². The lowest BCUT2D eigenvalue weighted by molar-refractivity contribution is -0.141. The number of amides is 1. The molecular formula is C9H17NO4S2. The van der Waals surface area contributed by atoms with Crippen molar-refractivity contribution >= 4 is 33.5 Å². The van der Waals surface area contributed by atoms with E-state index in [0.717, 1.165) is 6.42 Å². The SMILES string of the molecule is CCCOCC(=O)NC(CSSC)C(=O)O. The van der Waals surface area contributed by atoms with Gasteiger partial charge in [-0.25, -0.2) is 4.79 Å². The molecule has 0 heterocycles. The fourth-order valence-electron chi connectivity index (χ4n) is 0.856. The maximum absolute atomic E-state index is 11.3. The lowest BCUT2D eigenvalue weighted by Gasteiger charge is -2.13. The summed E-state index contributed by atoms with van der Waals surface area (Å²) >= 11 is 0. The molecule has 5 nitrogen and oxygen atoms in total. The van der Waals surface area contributed by atoms with Crippen LogP contribution in [-0.4, -0.2) is 48.2 Å². The zero-order chi connectivity index (χ0) is 12.4. The standard InChI is InChI=1S/C9H17NO4S2/c1-3-4-14-5-8(11)10-7(9(12)13)6-16-15-2/h7H,3-6H2,1-2H3,(H,10,11)(H,12,13). The summed E-state index contributed by atoms with van der Waals surface area (Å²) in [5.74, 6) is -1.07. The Labute approximate surface area is 103 Å². The molecule has 0 saturated carbocycles. The van der Waals surface area contributed by atoms with Crippen molar-refractivity contribution in [1.29, 1.82) is 0 Å². The molecular weight excluding hydrogens is 250 g/mol. The maximum atomic E-state index is 11.3. The van der Waals surface area contributed by atoms with Crippen molar-refractivity contribution in [3.05, 3.63) is 0 Å². The van der Waals surface area contributed by atoms with Gasteiger partial charge < -0.3 is 15.2 Å². The van der Waals surface area contributed by atoms with Crippen LogP contribution in [0.3, 0.4) is 0 Å². The Morgan fingerprint density at radius 3 is 2.69 bits per heavy atom. The molecule has 1 unspecified atom stereocenters. The van der Waals surface area contributed by atoms with E-state index in [-0.39, 0.29) is 12.5 Å². The summed E-state index contributed by atoms with van der Waals surface area (Å²) < 4.78 is 5.01. The molecule has 0 fully saturated rings.